The second-order valence-corrected chi connectivity index (χ2v) is 4.03. The SMILES string of the molecule is COC(=O)[C@@H]1NC[C@@]12CO[C@H](C)C2. The van der Waals surface area contributed by atoms with Crippen LogP contribution in [0.25, 0.3) is 0 Å². The summed E-state index contributed by atoms with van der Waals surface area (Å²) in [7, 11) is 1.43. The maximum atomic E-state index is 11.3. The van der Waals surface area contributed by atoms with Crippen molar-refractivity contribution in [3.05, 3.63) is 0 Å². The fraction of sp³-hybridized carbons (Fsp3) is 0.889. The van der Waals surface area contributed by atoms with E-state index in [0.717, 1.165) is 13.0 Å². The van der Waals surface area contributed by atoms with E-state index >= 15 is 0 Å². The minimum absolute atomic E-state index is 0.0203. The van der Waals surface area contributed by atoms with Gasteiger partial charge in [-0.15, -0.1) is 0 Å². The molecule has 2 heterocycles. The van der Waals surface area contributed by atoms with Gasteiger partial charge in [0.05, 0.1) is 19.8 Å². The largest absolute Gasteiger partial charge is 0.468 e. The molecule has 4 heteroatoms. The number of esters is 1. The van der Waals surface area contributed by atoms with E-state index in [9.17, 15) is 4.79 Å². The Balaban J connectivity index is 2.04. The van der Waals surface area contributed by atoms with E-state index in [0.29, 0.717) is 6.61 Å². The molecule has 0 aromatic heterocycles. The van der Waals surface area contributed by atoms with Gasteiger partial charge in [0.25, 0.3) is 0 Å². The minimum Gasteiger partial charge on any atom is -0.468 e. The Morgan fingerprint density at radius 1 is 1.69 bits per heavy atom. The summed E-state index contributed by atoms with van der Waals surface area (Å²) in [6, 6.07) is -0.151. The molecule has 0 saturated carbocycles. The van der Waals surface area contributed by atoms with E-state index in [-0.39, 0.29) is 23.5 Å². The summed E-state index contributed by atoms with van der Waals surface area (Å²) >= 11 is 0. The molecule has 1 spiro atoms. The molecule has 4 nitrogen and oxygen atoms in total. The molecule has 0 unspecified atom stereocenters. The smallest absolute Gasteiger partial charge is 0.323 e. The van der Waals surface area contributed by atoms with Crippen LogP contribution in [0.1, 0.15) is 13.3 Å². The van der Waals surface area contributed by atoms with Crippen molar-refractivity contribution in [3.63, 3.8) is 0 Å². The van der Waals surface area contributed by atoms with Crippen LogP contribution in [-0.4, -0.2) is 38.4 Å². The number of hydrogen-bond acceptors (Lipinski definition) is 4. The van der Waals surface area contributed by atoms with Crippen molar-refractivity contribution < 1.29 is 14.3 Å². The molecule has 0 amide bonds. The summed E-state index contributed by atoms with van der Waals surface area (Å²) in [5, 5.41) is 3.09. The predicted molar refractivity (Wildman–Crippen MR) is 46.3 cm³/mol. The van der Waals surface area contributed by atoms with Gasteiger partial charge >= 0.3 is 5.97 Å². The van der Waals surface area contributed by atoms with Crippen molar-refractivity contribution >= 4 is 5.97 Å². The van der Waals surface area contributed by atoms with E-state index < -0.39 is 0 Å². The third kappa shape index (κ3) is 1.25. The minimum atomic E-state index is -0.163. The molecule has 0 radical (unpaired) electrons. The average Bonchev–Trinajstić information content (AvgIpc) is 2.48. The molecule has 1 N–H and O–H groups in total. The molecule has 2 saturated heterocycles. The average molecular weight is 185 g/mol. The Hall–Kier alpha value is -0.610. The fourth-order valence-electron chi connectivity index (χ4n) is 2.27. The lowest BCUT2D eigenvalue weighted by Crippen LogP contribution is -2.66. The number of hydrogen-bond donors (Lipinski definition) is 1. The normalized spacial score (nSPS) is 43.2. The summed E-state index contributed by atoms with van der Waals surface area (Å²) < 4.78 is 10.2. The van der Waals surface area contributed by atoms with Crippen LogP contribution < -0.4 is 5.32 Å². The van der Waals surface area contributed by atoms with Gasteiger partial charge in [-0.25, -0.2) is 0 Å². The highest BCUT2D eigenvalue weighted by Crippen LogP contribution is 2.41. The molecular formula is C9H15NO3. The van der Waals surface area contributed by atoms with Crippen molar-refractivity contribution in [2.24, 2.45) is 5.41 Å². The quantitative estimate of drug-likeness (QED) is 0.581. The Morgan fingerprint density at radius 3 is 2.85 bits per heavy atom. The van der Waals surface area contributed by atoms with Gasteiger partial charge in [0.2, 0.25) is 0 Å². The van der Waals surface area contributed by atoms with Crippen molar-refractivity contribution in [3.8, 4) is 0 Å². The molecule has 2 fully saturated rings. The van der Waals surface area contributed by atoms with Crippen LogP contribution in [-0.2, 0) is 14.3 Å². The second kappa shape index (κ2) is 2.96. The van der Waals surface area contributed by atoms with Gasteiger partial charge in [-0.2, -0.15) is 0 Å². The lowest BCUT2D eigenvalue weighted by atomic mass is 9.72. The van der Waals surface area contributed by atoms with E-state index in [1.54, 1.807) is 0 Å². The van der Waals surface area contributed by atoms with Gasteiger partial charge in [0.1, 0.15) is 6.04 Å². The Labute approximate surface area is 77.6 Å². The van der Waals surface area contributed by atoms with Crippen LogP contribution in [0.5, 0.6) is 0 Å². The third-order valence-corrected chi connectivity index (χ3v) is 3.06. The molecule has 2 aliphatic heterocycles. The van der Waals surface area contributed by atoms with Gasteiger partial charge in [0.15, 0.2) is 0 Å². The topological polar surface area (TPSA) is 47.6 Å². The standard InChI is InChI=1S/C9H15NO3/c1-6-3-9(5-13-6)4-10-7(9)8(11)12-2/h6-7,10H,3-5H2,1-2H3/t6-,7+,9+/m1/s1. The summed E-state index contributed by atoms with van der Waals surface area (Å²) in [6.45, 7) is 3.60. The molecule has 0 aliphatic carbocycles. The van der Waals surface area contributed by atoms with Crippen LogP contribution in [0.2, 0.25) is 0 Å². The van der Waals surface area contributed by atoms with Gasteiger partial charge in [-0.05, 0) is 13.3 Å². The number of nitrogens with one attached hydrogen (secondary N) is 1. The van der Waals surface area contributed by atoms with Gasteiger partial charge in [0, 0.05) is 12.0 Å². The van der Waals surface area contributed by atoms with Crippen molar-refractivity contribution in [2.75, 3.05) is 20.3 Å². The number of methoxy groups -OCH3 is 1. The molecule has 2 rings (SSSR count). The molecule has 2 aliphatic rings. The van der Waals surface area contributed by atoms with Crippen LogP contribution >= 0.6 is 0 Å². The van der Waals surface area contributed by atoms with E-state index in [1.165, 1.54) is 7.11 Å². The monoisotopic (exact) mass is 185 g/mol. The highest BCUT2D eigenvalue weighted by Gasteiger charge is 2.55. The summed E-state index contributed by atoms with van der Waals surface area (Å²) in [5.74, 6) is -0.163. The molecule has 0 aromatic carbocycles. The molecule has 0 bridgehead atoms. The van der Waals surface area contributed by atoms with Crippen LogP contribution in [0.15, 0.2) is 0 Å². The van der Waals surface area contributed by atoms with Crippen molar-refractivity contribution in [2.45, 2.75) is 25.5 Å². The predicted octanol–water partition coefficient (Wildman–Crippen LogP) is -0.0736. The fourth-order valence-corrected chi connectivity index (χ4v) is 2.27. The Kier molecular flexibility index (Phi) is 2.04. The van der Waals surface area contributed by atoms with Crippen LogP contribution in [0.3, 0.4) is 0 Å². The van der Waals surface area contributed by atoms with Gasteiger partial charge < -0.3 is 14.8 Å². The lowest BCUT2D eigenvalue weighted by Gasteiger charge is -2.44. The first-order valence-electron chi connectivity index (χ1n) is 4.61. The molecule has 0 aromatic rings. The number of ether oxygens (including phenoxy) is 2. The summed E-state index contributed by atoms with van der Waals surface area (Å²) in [4.78, 5) is 11.3. The van der Waals surface area contributed by atoms with Crippen molar-refractivity contribution in [1.82, 2.24) is 5.32 Å². The van der Waals surface area contributed by atoms with E-state index in [4.69, 9.17) is 9.47 Å². The zero-order chi connectivity index (χ0) is 9.47. The Morgan fingerprint density at radius 2 is 2.46 bits per heavy atom. The number of carbonyl (C=O) groups excluding carboxylic acids is 1. The maximum absolute atomic E-state index is 11.3. The second-order valence-electron chi connectivity index (χ2n) is 4.03. The number of rotatable bonds is 1. The van der Waals surface area contributed by atoms with Crippen LogP contribution in [0.4, 0.5) is 0 Å². The zero-order valence-corrected chi connectivity index (χ0v) is 8.00. The summed E-state index contributed by atoms with van der Waals surface area (Å²) in [6.07, 6.45) is 1.23. The van der Waals surface area contributed by atoms with E-state index in [1.807, 2.05) is 6.92 Å². The molecular weight excluding hydrogens is 170 g/mol. The Bertz CT molecular complexity index is 231. The first kappa shape index (κ1) is 8.97. The highest BCUT2D eigenvalue weighted by molar-refractivity contribution is 5.78. The van der Waals surface area contributed by atoms with E-state index in [2.05, 4.69) is 5.32 Å². The highest BCUT2D eigenvalue weighted by atomic mass is 16.5. The van der Waals surface area contributed by atoms with Gasteiger partial charge in [-0.1, -0.05) is 0 Å². The van der Waals surface area contributed by atoms with Crippen LogP contribution in [0, 0.1) is 5.41 Å². The molecule has 13 heavy (non-hydrogen) atoms. The zero-order valence-electron chi connectivity index (χ0n) is 8.00. The summed E-state index contributed by atoms with van der Waals surface area (Å²) in [5.41, 5.74) is 0.0203. The van der Waals surface area contributed by atoms with Crippen molar-refractivity contribution in [1.29, 1.82) is 0 Å². The van der Waals surface area contributed by atoms with Gasteiger partial charge in [-0.3, -0.25) is 4.79 Å². The molecule has 3 atom stereocenters. The first-order chi connectivity index (χ1) is 6.18. The first-order valence-corrected chi connectivity index (χ1v) is 4.61. The lowest BCUT2D eigenvalue weighted by molar-refractivity contribution is -0.151. The third-order valence-electron chi connectivity index (χ3n) is 3.06. The number of carbonyl (C=O) groups is 1. The molecule has 74 valence electrons. The maximum Gasteiger partial charge on any atom is 0.323 e.